The molecule has 0 aliphatic carbocycles. The molecular formula is C14H23O2P. The normalized spacial score (nSPS) is 14.7. The molecule has 1 atom stereocenters. The van der Waals surface area contributed by atoms with Crippen LogP contribution in [-0.4, -0.2) is 5.16 Å². The minimum absolute atomic E-state index is 0.285. The van der Waals surface area contributed by atoms with Gasteiger partial charge in [0, 0.05) is 5.16 Å². The largest absolute Gasteiger partial charge is 0.319 e. The predicted molar refractivity (Wildman–Crippen MR) is 74.0 cm³/mol. The molecule has 1 aromatic rings. The van der Waals surface area contributed by atoms with Crippen LogP contribution in [0.5, 0.6) is 0 Å². The molecule has 0 saturated carbocycles. The lowest BCUT2D eigenvalue weighted by atomic mass is 9.98. The number of aryl methyl sites for hydroxylation is 1. The van der Waals surface area contributed by atoms with E-state index >= 15 is 0 Å². The van der Waals surface area contributed by atoms with Crippen molar-refractivity contribution in [3.8, 4) is 0 Å². The standard InChI is InChI=1S/C14H23O2P/c1-11-7-9-12(10-8-11)14(5,6)16-17(15)13(2,3)4/h7-10,17H,1-6H3. The Kier molecular flexibility index (Phi) is 4.22. The molecule has 2 nitrogen and oxygen atoms in total. The van der Waals surface area contributed by atoms with Crippen LogP contribution in [0.25, 0.3) is 0 Å². The molecule has 0 heterocycles. The Bertz CT molecular complexity index is 399. The van der Waals surface area contributed by atoms with Crippen LogP contribution in [0.15, 0.2) is 24.3 Å². The zero-order valence-electron chi connectivity index (χ0n) is 11.6. The van der Waals surface area contributed by atoms with Crippen LogP contribution >= 0.6 is 8.03 Å². The summed E-state index contributed by atoms with van der Waals surface area (Å²) in [5.41, 5.74) is 1.77. The molecule has 1 rings (SSSR count). The second kappa shape index (κ2) is 4.96. The molecule has 0 amide bonds. The van der Waals surface area contributed by atoms with E-state index in [2.05, 4.69) is 19.1 Å². The molecule has 1 unspecified atom stereocenters. The molecule has 0 aliphatic rings. The Hall–Kier alpha value is -0.590. The summed E-state index contributed by atoms with van der Waals surface area (Å²) in [5.74, 6) is 0. The van der Waals surface area contributed by atoms with Gasteiger partial charge in [-0.3, -0.25) is 4.57 Å². The Balaban J connectivity index is 2.89. The van der Waals surface area contributed by atoms with E-state index in [0.29, 0.717) is 0 Å². The molecule has 0 saturated heterocycles. The van der Waals surface area contributed by atoms with E-state index in [1.165, 1.54) is 5.56 Å². The van der Waals surface area contributed by atoms with Gasteiger partial charge in [0.05, 0.1) is 5.60 Å². The number of hydrogen-bond donors (Lipinski definition) is 0. The summed E-state index contributed by atoms with van der Waals surface area (Å²) < 4.78 is 17.9. The summed E-state index contributed by atoms with van der Waals surface area (Å²) in [5, 5.41) is -0.285. The van der Waals surface area contributed by atoms with Crippen molar-refractivity contribution in [3.63, 3.8) is 0 Å². The predicted octanol–water partition coefficient (Wildman–Crippen LogP) is 4.52. The van der Waals surface area contributed by atoms with Crippen molar-refractivity contribution in [1.82, 2.24) is 0 Å². The minimum atomic E-state index is -2.07. The minimum Gasteiger partial charge on any atom is -0.319 e. The van der Waals surface area contributed by atoms with Crippen molar-refractivity contribution in [1.29, 1.82) is 0 Å². The Morgan fingerprint density at radius 2 is 1.47 bits per heavy atom. The Labute approximate surface area is 105 Å². The van der Waals surface area contributed by atoms with Gasteiger partial charge in [-0.2, -0.15) is 0 Å². The lowest BCUT2D eigenvalue weighted by Gasteiger charge is -2.29. The topological polar surface area (TPSA) is 26.3 Å². The third-order valence-corrected chi connectivity index (χ3v) is 4.63. The molecule has 0 aliphatic heterocycles. The second-order valence-corrected chi connectivity index (χ2v) is 8.29. The summed E-state index contributed by atoms with van der Waals surface area (Å²) in [7, 11) is -2.07. The van der Waals surface area contributed by atoms with E-state index in [0.717, 1.165) is 5.56 Å². The fourth-order valence-electron chi connectivity index (χ4n) is 1.40. The summed E-state index contributed by atoms with van der Waals surface area (Å²) >= 11 is 0. The molecule has 0 radical (unpaired) electrons. The molecule has 96 valence electrons. The van der Waals surface area contributed by atoms with Gasteiger partial charge in [-0.25, -0.2) is 0 Å². The highest BCUT2D eigenvalue weighted by molar-refractivity contribution is 7.41. The Morgan fingerprint density at radius 3 is 1.88 bits per heavy atom. The van der Waals surface area contributed by atoms with Crippen LogP contribution in [0.1, 0.15) is 45.7 Å². The van der Waals surface area contributed by atoms with Crippen molar-refractivity contribution >= 4 is 8.03 Å². The zero-order valence-corrected chi connectivity index (χ0v) is 12.6. The van der Waals surface area contributed by atoms with Gasteiger partial charge in [-0.05, 0) is 26.3 Å². The number of benzene rings is 1. The molecule has 17 heavy (non-hydrogen) atoms. The van der Waals surface area contributed by atoms with Gasteiger partial charge in [0.1, 0.15) is 0 Å². The van der Waals surface area contributed by atoms with Crippen LogP contribution < -0.4 is 0 Å². The molecule has 3 heteroatoms. The fourth-order valence-corrected chi connectivity index (χ4v) is 2.29. The third kappa shape index (κ3) is 3.97. The molecular weight excluding hydrogens is 231 g/mol. The van der Waals surface area contributed by atoms with Gasteiger partial charge in [0.25, 0.3) is 0 Å². The lowest BCUT2D eigenvalue weighted by Crippen LogP contribution is -2.22. The summed E-state index contributed by atoms with van der Waals surface area (Å²) in [6, 6.07) is 8.17. The average molecular weight is 254 g/mol. The molecule has 0 N–H and O–H groups in total. The van der Waals surface area contributed by atoms with E-state index in [1.54, 1.807) is 0 Å². The SMILES string of the molecule is Cc1ccc(C(C)(C)O[PH](=O)C(C)(C)C)cc1. The zero-order chi connectivity index (χ0) is 13.3. The highest BCUT2D eigenvalue weighted by Crippen LogP contribution is 2.45. The summed E-state index contributed by atoms with van der Waals surface area (Å²) in [4.78, 5) is 0. The molecule has 0 fully saturated rings. The van der Waals surface area contributed by atoms with Crippen LogP contribution in [0.3, 0.4) is 0 Å². The van der Waals surface area contributed by atoms with Crippen molar-refractivity contribution in [2.24, 2.45) is 0 Å². The van der Waals surface area contributed by atoms with E-state index in [4.69, 9.17) is 4.52 Å². The van der Waals surface area contributed by atoms with Crippen LogP contribution in [-0.2, 0) is 14.7 Å². The van der Waals surface area contributed by atoms with Gasteiger partial charge < -0.3 is 4.52 Å². The van der Waals surface area contributed by atoms with Crippen molar-refractivity contribution in [2.75, 3.05) is 0 Å². The smallest absolute Gasteiger partial charge is 0.197 e. The highest BCUT2D eigenvalue weighted by Gasteiger charge is 2.29. The second-order valence-electron chi connectivity index (χ2n) is 6.02. The maximum Gasteiger partial charge on any atom is 0.197 e. The first-order valence-electron chi connectivity index (χ1n) is 5.93. The van der Waals surface area contributed by atoms with Crippen molar-refractivity contribution in [3.05, 3.63) is 35.4 Å². The van der Waals surface area contributed by atoms with Crippen LogP contribution in [0.2, 0.25) is 0 Å². The van der Waals surface area contributed by atoms with Crippen LogP contribution in [0, 0.1) is 6.92 Å². The van der Waals surface area contributed by atoms with E-state index in [-0.39, 0.29) is 5.16 Å². The summed E-state index contributed by atoms with van der Waals surface area (Å²) in [6.07, 6.45) is 0. The first-order chi connectivity index (χ1) is 7.63. The van der Waals surface area contributed by atoms with Gasteiger partial charge in [-0.1, -0.05) is 50.6 Å². The number of rotatable bonds is 3. The molecule has 0 bridgehead atoms. The van der Waals surface area contributed by atoms with E-state index in [9.17, 15) is 4.57 Å². The van der Waals surface area contributed by atoms with Gasteiger partial charge in [0.2, 0.25) is 0 Å². The molecule has 0 spiro atoms. The van der Waals surface area contributed by atoms with E-state index < -0.39 is 13.6 Å². The maximum absolute atomic E-state index is 12.1. The van der Waals surface area contributed by atoms with Gasteiger partial charge >= 0.3 is 0 Å². The fraction of sp³-hybridized carbons (Fsp3) is 0.571. The number of hydrogen-bond acceptors (Lipinski definition) is 2. The average Bonchev–Trinajstić information content (AvgIpc) is 2.16. The van der Waals surface area contributed by atoms with Crippen LogP contribution in [0.4, 0.5) is 0 Å². The molecule has 0 aromatic heterocycles. The molecule has 1 aromatic carbocycles. The van der Waals surface area contributed by atoms with Gasteiger partial charge in [0.15, 0.2) is 8.03 Å². The highest BCUT2D eigenvalue weighted by atomic mass is 31.1. The quantitative estimate of drug-likeness (QED) is 0.741. The Morgan fingerprint density at radius 1 is 1.00 bits per heavy atom. The maximum atomic E-state index is 12.1. The van der Waals surface area contributed by atoms with Crippen molar-refractivity contribution < 1.29 is 9.09 Å². The first kappa shape index (κ1) is 14.5. The first-order valence-corrected chi connectivity index (χ1v) is 7.25. The van der Waals surface area contributed by atoms with Crippen molar-refractivity contribution in [2.45, 2.75) is 52.3 Å². The third-order valence-electron chi connectivity index (χ3n) is 2.71. The lowest BCUT2D eigenvalue weighted by molar-refractivity contribution is 0.116. The van der Waals surface area contributed by atoms with E-state index in [1.807, 2.05) is 46.8 Å². The van der Waals surface area contributed by atoms with Gasteiger partial charge in [-0.15, -0.1) is 0 Å². The summed E-state index contributed by atoms with van der Waals surface area (Å²) in [6.45, 7) is 11.8. The monoisotopic (exact) mass is 254 g/mol.